The maximum atomic E-state index is 12.1. The highest BCUT2D eigenvalue weighted by Gasteiger charge is 2.19. The summed E-state index contributed by atoms with van der Waals surface area (Å²) in [6.07, 6.45) is -0.150. The van der Waals surface area contributed by atoms with Gasteiger partial charge in [-0.25, -0.2) is 4.79 Å². The average molecular weight is 330 g/mol. The number of nitrogens with one attached hydrogen (secondary N) is 2. The number of nitrogens with zero attached hydrogens (tertiary/aromatic N) is 2. The summed E-state index contributed by atoms with van der Waals surface area (Å²) < 4.78 is 0. The van der Waals surface area contributed by atoms with Gasteiger partial charge in [0.2, 0.25) is 11.8 Å². The molecule has 0 fully saturated rings. The molecule has 0 aromatic rings. The molecular formula is C13H26N6O4. The molecule has 1 unspecified atom stereocenters. The summed E-state index contributed by atoms with van der Waals surface area (Å²) in [4.78, 5) is 39.1. The molecule has 3 amide bonds. The van der Waals surface area contributed by atoms with Gasteiger partial charge in [0.05, 0.1) is 0 Å². The minimum absolute atomic E-state index is 0.0288. The van der Waals surface area contributed by atoms with Gasteiger partial charge in [-0.05, 0) is 19.8 Å². The van der Waals surface area contributed by atoms with Crippen molar-refractivity contribution < 1.29 is 19.5 Å². The Labute approximate surface area is 135 Å². The lowest BCUT2D eigenvalue weighted by Crippen LogP contribution is -2.48. The zero-order valence-corrected chi connectivity index (χ0v) is 13.5. The number of nitrogens with two attached hydrogens (primary N) is 2. The van der Waals surface area contributed by atoms with Gasteiger partial charge in [-0.2, -0.15) is 0 Å². The minimum atomic E-state index is -1.04. The van der Waals surface area contributed by atoms with Gasteiger partial charge in [0.25, 0.3) is 0 Å². The van der Waals surface area contributed by atoms with Crippen molar-refractivity contribution in [1.29, 1.82) is 0 Å². The van der Waals surface area contributed by atoms with Gasteiger partial charge < -0.3 is 32.1 Å². The van der Waals surface area contributed by atoms with Crippen LogP contribution in [-0.2, 0) is 9.59 Å². The first kappa shape index (κ1) is 20.5. The van der Waals surface area contributed by atoms with Crippen LogP contribution in [0.4, 0.5) is 4.79 Å². The number of aliphatic imine (C=N–C) groups is 1. The summed E-state index contributed by atoms with van der Waals surface area (Å²) >= 11 is 0. The summed E-state index contributed by atoms with van der Waals surface area (Å²) in [6, 6.07) is -0.707. The van der Waals surface area contributed by atoms with Crippen LogP contribution >= 0.6 is 0 Å². The van der Waals surface area contributed by atoms with Crippen LogP contribution in [0, 0.1) is 0 Å². The number of hydrogen-bond acceptors (Lipinski definition) is 4. The molecule has 132 valence electrons. The third-order valence-electron chi connectivity index (χ3n) is 2.97. The fraction of sp³-hybridized carbons (Fsp3) is 0.692. The lowest BCUT2D eigenvalue weighted by molar-refractivity contribution is -0.128. The van der Waals surface area contributed by atoms with E-state index in [4.69, 9.17) is 16.6 Å². The molecule has 23 heavy (non-hydrogen) atoms. The van der Waals surface area contributed by atoms with E-state index in [1.54, 1.807) is 6.92 Å². The Morgan fingerprint density at radius 1 is 1.30 bits per heavy atom. The second-order valence-corrected chi connectivity index (χ2v) is 4.86. The van der Waals surface area contributed by atoms with E-state index in [1.807, 2.05) is 0 Å². The predicted molar refractivity (Wildman–Crippen MR) is 85.8 cm³/mol. The lowest BCUT2D eigenvalue weighted by atomic mass is 10.1. The lowest BCUT2D eigenvalue weighted by Gasteiger charge is -2.20. The van der Waals surface area contributed by atoms with Crippen LogP contribution in [0.2, 0.25) is 0 Å². The quantitative estimate of drug-likeness (QED) is 0.189. The Kier molecular flexibility index (Phi) is 9.88. The Morgan fingerprint density at radius 2 is 1.96 bits per heavy atom. The van der Waals surface area contributed by atoms with Crippen molar-refractivity contribution in [3.05, 3.63) is 0 Å². The van der Waals surface area contributed by atoms with Gasteiger partial charge in [-0.15, -0.1) is 0 Å². The van der Waals surface area contributed by atoms with E-state index >= 15 is 0 Å². The average Bonchev–Trinajstić information content (AvgIpc) is 2.45. The second-order valence-electron chi connectivity index (χ2n) is 4.86. The summed E-state index contributed by atoms with van der Waals surface area (Å²) in [7, 11) is 0. The Hall–Kier alpha value is -2.52. The molecule has 0 saturated heterocycles. The largest absolute Gasteiger partial charge is 0.465 e. The zero-order valence-electron chi connectivity index (χ0n) is 13.5. The summed E-state index contributed by atoms with van der Waals surface area (Å²) in [5.41, 5.74) is 10.4. The van der Waals surface area contributed by atoms with E-state index in [0.29, 0.717) is 25.9 Å². The summed E-state index contributed by atoms with van der Waals surface area (Å²) in [5.74, 6) is -0.724. The third kappa shape index (κ3) is 9.93. The van der Waals surface area contributed by atoms with E-state index in [0.717, 1.165) is 0 Å². The van der Waals surface area contributed by atoms with E-state index in [-0.39, 0.29) is 30.9 Å². The molecule has 0 heterocycles. The molecule has 0 radical (unpaired) electrons. The number of guanidine groups is 1. The number of carbonyl (C=O) groups is 3. The van der Waals surface area contributed by atoms with Crippen LogP contribution in [-0.4, -0.2) is 66.1 Å². The van der Waals surface area contributed by atoms with Crippen LogP contribution in [0.15, 0.2) is 4.99 Å². The number of carboxylic acid groups (broad SMARTS) is 1. The maximum Gasteiger partial charge on any atom is 0.407 e. The summed E-state index contributed by atoms with van der Waals surface area (Å²) in [5, 5.41) is 14.0. The molecule has 0 aromatic carbocycles. The molecule has 0 bridgehead atoms. The predicted octanol–water partition coefficient (Wildman–Crippen LogP) is -1.34. The topological polar surface area (TPSA) is 163 Å². The highest BCUT2D eigenvalue weighted by Crippen LogP contribution is 1.99. The van der Waals surface area contributed by atoms with Crippen molar-refractivity contribution in [2.24, 2.45) is 16.5 Å². The minimum Gasteiger partial charge on any atom is -0.465 e. The standard InChI is InChI=1S/C13H26N6O4/c1-3-19(13(22)23)8-7-16-11(21)10(18-9(2)20)5-4-6-17-12(14)15/h10H,3-8H2,1-2H3,(H,16,21)(H,18,20)(H,22,23)(H4,14,15,17). The number of hydrogen-bond donors (Lipinski definition) is 5. The normalized spacial score (nSPS) is 11.2. The first-order valence-electron chi connectivity index (χ1n) is 7.36. The number of likely N-dealkylation sites (N-methyl/N-ethyl adjacent to an activating group) is 1. The highest BCUT2D eigenvalue weighted by molar-refractivity contribution is 5.86. The molecule has 10 nitrogen and oxygen atoms in total. The monoisotopic (exact) mass is 330 g/mol. The summed E-state index contributed by atoms with van der Waals surface area (Å²) in [6.45, 7) is 4.06. The molecule has 7 N–H and O–H groups in total. The van der Waals surface area contributed by atoms with Crippen LogP contribution in [0.25, 0.3) is 0 Å². The molecule has 0 rings (SSSR count). The SMILES string of the molecule is CCN(CCNC(=O)C(CCCN=C(N)N)NC(C)=O)C(=O)O. The molecule has 0 saturated carbocycles. The Morgan fingerprint density at radius 3 is 2.43 bits per heavy atom. The first-order chi connectivity index (χ1) is 10.8. The van der Waals surface area contributed by atoms with Gasteiger partial charge in [0.1, 0.15) is 6.04 Å². The number of rotatable bonds is 10. The number of amides is 3. The van der Waals surface area contributed by atoms with Crippen molar-refractivity contribution >= 4 is 23.9 Å². The molecular weight excluding hydrogens is 304 g/mol. The fourth-order valence-electron chi connectivity index (χ4n) is 1.84. The third-order valence-corrected chi connectivity index (χ3v) is 2.97. The van der Waals surface area contributed by atoms with E-state index < -0.39 is 12.1 Å². The Balaban J connectivity index is 4.36. The van der Waals surface area contributed by atoms with E-state index in [2.05, 4.69) is 15.6 Å². The van der Waals surface area contributed by atoms with E-state index in [9.17, 15) is 14.4 Å². The van der Waals surface area contributed by atoms with Crippen molar-refractivity contribution in [3.8, 4) is 0 Å². The van der Waals surface area contributed by atoms with Gasteiger partial charge >= 0.3 is 6.09 Å². The van der Waals surface area contributed by atoms with Gasteiger partial charge in [-0.3, -0.25) is 14.6 Å². The van der Waals surface area contributed by atoms with Gasteiger partial charge in [-0.1, -0.05) is 0 Å². The van der Waals surface area contributed by atoms with Crippen molar-refractivity contribution in [2.75, 3.05) is 26.2 Å². The van der Waals surface area contributed by atoms with Crippen molar-refractivity contribution in [2.45, 2.75) is 32.7 Å². The van der Waals surface area contributed by atoms with Crippen LogP contribution < -0.4 is 22.1 Å². The molecule has 0 spiro atoms. The molecule has 0 aliphatic rings. The second kappa shape index (κ2) is 11.1. The van der Waals surface area contributed by atoms with Crippen LogP contribution in [0.5, 0.6) is 0 Å². The van der Waals surface area contributed by atoms with E-state index in [1.165, 1.54) is 11.8 Å². The molecule has 1 atom stereocenters. The molecule has 0 aromatic heterocycles. The molecule has 0 aliphatic heterocycles. The van der Waals surface area contributed by atoms with Crippen LogP contribution in [0.3, 0.4) is 0 Å². The first-order valence-corrected chi connectivity index (χ1v) is 7.36. The fourth-order valence-corrected chi connectivity index (χ4v) is 1.84. The Bertz CT molecular complexity index is 436. The van der Waals surface area contributed by atoms with Gasteiger partial charge in [0.15, 0.2) is 5.96 Å². The van der Waals surface area contributed by atoms with Crippen molar-refractivity contribution in [3.63, 3.8) is 0 Å². The molecule has 0 aliphatic carbocycles. The van der Waals surface area contributed by atoms with Gasteiger partial charge in [0, 0.05) is 33.1 Å². The highest BCUT2D eigenvalue weighted by atomic mass is 16.4. The maximum absolute atomic E-state index is 12.1. The van der Waals surface area contributed by atoms with Crippen LogP contribution in [0.1, 0.15) is 26.7 Å². The smallest absolute Gasteiger partial charge is 0.407 e. The zero-order chi connectivity index (χ0) is 17.8. The van der Waals surface area contributed by atoms with Crippen molar-refractivity contribution in [1.82, 2.24) is 15.5 Å². The number of carbonyl (C=O) groups excluding carboxylic acids is 2. The molecule has 10 heteroatoms.